The summed E-state index contributed by atoms with van der Waals surface area (Å²) in [6.45, 7) is 3.56. The number of para-hydroxylation sites is 1. The Balaban J connectivity index is 2.58. The van der Waals surface area contributed by atoms with Crippen LogP contribution in [-0.2, 0) is 16.2 Å². The minimum atomic E-state index is -0.985. The highest BCUT2D eigenvalue weighted by Gasteiger charge is 2.19. The molecule has 0 aliphatic heterocycles. The lowest BCUT2D eigenvalue weighted by Crippen LogP contribution is -2.35. The van der Waals surface area contributed by atoms with Gasteiger partial charge in [0.05, 0.1) is 5.92 Å². The Kier molecular flexibility index (Phi) is 8.17. The molecule has 1 unspecified atom stereocenters. The topological polar surface area (TPSA) is 128 Å². The number of hydrogen-bond donors (Lipinski definition) is 2. The number of hydrogen-bond acceptors (Lipinski definition) is 6. The van der Waals surface area contributed by atoms with E-state index in [2.05, 4.69) is 10.2 Å². The zero-order valence-electron chi connectivity index (χ0n) is 14.1. The highest BCUT2D eigenvalue weighted by atomic mass is 16.9. The van der Waals surface area contributed by atoms with Crippen molar-refractivity contribution in [3.8, 4) is 5.75 Å². The summed E-state index contributed by atoms with van der Waals surface area (Å²) in [7, 11) is 0. The van der Waals surface area contributed by atoms with Gasteiger partial charge in [-0.15, -0.1) is 10.1 Å². The van der Waals surface area contributed by atoms with Crippen molar-refractivity contribution in [2.24, 2.45) is 11.8 Å². The number of carbonyl (C=O) groups is 2. The van der Waals surface area contributed by atoms with Crippen molar-refractivity contribution in [2.45, 2.75) is 33.3 Å². The lowest BCUT2D eigenvalue weighted by molar-refractivity contribution is -0.763. The van der Waals surface area contributed by atoms with E-state index in [0.29, 0.717) is 17.9 Å². The Morgan fingerprint density at radius 1 is 1.28 bits per heavy atom. The van der Waals surface area contributed by atoms with Gasteiger partial charge < -0.3 is 20.0 Å². The zero-order valence-corrected chi connectivity index (χ0v) is 14.1. The molecule has 0 saturated carbocycles. The van der Waals surface area contributed by atoms with Gasteiger partial charge in [-0.05, 0) is 18.4 Å². The molecule has 0 heterocycles. The van der Waals surface area contributed by atoms with Crippen LogP contribution in [0, 0.1) is 22.0 Å². The fourth-order valence-electron chi connectivity index (χ4n) is 2.03. The molecule has 0 spiro atoms. The fourth-order valence-corrected chi connectivity index (χ4v) is 2.03. The molecule has 0 saturated heterocycles. The van der Waals surface area contributed by atoms with Crippen LogP contribution in [0.15, 0.2) is 24.3 Å². The molecule has 1 aromatic carbocycles. The van der Waals surface area contributed by atoms with Crippen molar-refractivity contribution in [3.05, 3.63) is 39.9 Å². The molecule has 2 N–H and O–H groups in total. The van der Waals surface area contributed by atoms with E-state index in [-0.39, 0.29) is 18.9 Å². The Hall–Kier alpha value is -2.84. The van der Waals surface area contributed by atoms with Crippen molar-refractivity contribution in [2.75, 3.05) is 6.54 Å². The molecule has 1 amide bonds. The monoisotopic (exact) mass is 354 g/mol. The van der Waals surface area contributed by atoms with Crippen LogP contribution in [0.4, 0.5) is 4.79 Å². The largest absolute Gasteiger partial charge is 0.481 e. The summed E-state index contributed by atoms with van der Waals surface area (Å²) in [5.74, 6) is -1.22. The van der Waals surface area contributed by atoms with Crippen molar-refractivity contribution in [1.29, 1.82) is 0 Å². The van der Waals surface area contributed by atoms with Gasteiger partial charge in [-0.1, -0.05) is 38.5 Å². The lowest BCUT2D eigenvalue weighted by atomic mass is 9.98. The highest BCUT2D eigenvalue weighted by Crippen LogP contribution is 2.19. The Morgan fingerprint density at radius 3 is 2.56 bits per heavy atom. The summed E-state index contributed by atoms with van der Waals surface area (Å²) in [4.78, 5) is 37.6. The number of carbonyl (C=O) groups excluding carboxylic acids is 1. The second-order valence-electron chi connectivity index (χ2n) is 5.88. The van der Waals surface area contributed by atoms with Gasteiger partial charge in [-0.25, -0.2) is 4.79 Å². The first-order valence-corrected chi connectivity index (χ1v) is 7.83. The van der Waals surface area contributed by atoms with Crippen LogP contribution in [0.25, 0.3) is 0 Å². The quantitative estimate of drug-likeness (QED) is 0.488. The fraction of sp³-hybridized carbons (Fsp3) is 0.500. The van der Waals surface area contributed by atoms with Gasteiger partial charge in [0.15, 0.2) is 0 Å². The number of rotatable bonds is 10. The minimum Gasteiger partial charge on any atom is -0.481 e. The summed E-state index contributed by atoms with van der Waals surface area (Å²) in [5, 5.41) is 20.9. The Bertz CT molecular complexity index is 604. The molecule has 9 nitrogen and oxygen atoms in total. The van der Waals surface area contributed by atoms with Gasteiger partial charge in [0, 0.05) is 12.1 Å². The van der Waals surface area contributed by atoms with Crippen LogP contribution < -0.4 is 10.1 Å². The lowest BCUT2D eigenvalue weighted by Gasteiger charge is -2.15. The van der Waals surface area contributed by atoms with Gasteiger partial charge in [-0.3, -0.25) is 4.79 Å². The number of aliphatic carboxylic acids is 1. The van der Waals surface area contributed by atoms with E-state index in [1.807, 2.05) is 13.8 Å². The average molecular weight is 354 g/mol. The number of amides is 1. The Morgan fingerprint density at radius 2 is 1.96 bits per heavy atom. The number of nitrogens with zero attached hydrogens (tertiary/aromatic N) is 1. The van der Waals surface area contributed by atoms with Gasteiger partial charge in [0.1, 0.15) is 12.4 Å². The molecule has 0 aliphatic carbocycles. The molecule has 138 valence electrons. The third kappa shape index (κ3) is 8.00. The molecule has 1 atom stereocenters. The molecule has 0 aromatic heterocycles. The van der Waals surface area contributed by atoms with Crippen LogP contribution in [-0.4, -0.2) is 28.8 Å². The number of nitrogens with one attached hydrogen (secondary N) is 1. The SMILES string of the molecule is CC(C)CCC(CNC(=O)Oc1ccccc1CO[N+](=O)[O-])C(=O)O. The highest BCUT2D eigenvalue weighted by molar-refractivity contribution is 5.73. The zero-order chi connectivity index (χ0) is 18.8. The molecule has 0 aliphatic rings. The number of carboxylic acids is 1. The summed E-state index contributed by atoms with van der Waals surface area (Å²) < 4.78 is 5.09. The minimum absolute atomic E-state index is 0.0611. The number of ether oxygens (including phenoxy) is 1. The van der Waals surface area contributed by atoms with Crippen molar-refractivity contribution < 1.29 is 29.4 Å². The molecular formula is C16H22N2O7. The van der Waals surface area contributed by atoms with Crippen LogP contribution in [0.5, 0.6) is 5.75 Å². The van der Waals surface area contributed by atoms with Gasteiger partial charge in [-0.2, -0.15) is 0 Å². The van der Waals surface area contributed by atoms with Crippen LogP contribution in [0.1, 0.15) is 32.3 Å². The molecule has 0 bridgehead atoms. The standard InChI is InChI=1S/C16H22N2O7/c1-11(2)7-8-12(15(19)20)9-17-16(21)25-14-6-4-3-5-13(14)10-24-18(22)23/h3-6,11-12H,7-10H2,1-2H3,(H,17,21)(H,19,20). The van der Waals surface area contributed by atoms with E-state index >= 15 is 0 Å². The summed E-state index contributed by atoms with van der Waals surface area (Å²) >= 11 is 0. The van der Waals surface area contributed by atoms with E-state index in [1.54, 1.807) is 12.1 Å². The summed E-state index contributed by atoms with van der Waals surface area (Å²) in [5.41, 5.74) is 0.323. The van der Waals surface area contributed by atoms with Crippen molar-refractivity contribution in [3.63, 3.8) is 0 Å². The van der Waals surface area contributed by atoms with Crippen LogP contribution >= 0.6 is 0 Å². The van der Waals surface area contributed by atoms with E-state index in [1.165, 1.54) is 12.1 Å². The first-order valence-electron chi connectivity index (χ1n) is 7.83. The maximum atomic E-state index is 11.9. The molecule has 0 fully saturated rings. The predicted molar refractivity (Wildman–Crippen MR) is 87.4 cm³/mol. The van der Waals surface area contributed by atoms with E-state index in [4.69, 9.17) is 4.74 Å². The first-order chi connectivity index (χ1) is 11.8. The van der Waals surface area contributed by atoms with E-state index in [9.17, 15) is 24.8 Å². The third-order valence-electron chi connectivity index (χ3n) is 3.44. The first kappa shape index (κ1) is 20.2. The molecule has 25 heavy (non-hydrogen) atoms. The Labute approximate surface area is 145 Å². The third-order valence-corrected chi connectivity index (χ3v) is 3.44. The maximum absolute atomic E-state index is 11.9. The molecule has 1 aromatic rings. The molecule has 0 radical (unpaired) electrons. The normalized spacial score (nSPS) is 11.6. The predicted octanol–water partition coefficient (Wildman–Crippen LogP) is 2.62. The smallest absolute Gasteiger partial charge is 0.412 e. The molecular weight excluding hydrogens is 332 g/mol. The second kappa shape index (κ2) is 10.1. The summed E-state index contributed by atoms with van der Waals surface area (Å²) in [6.07, 6.45) is 0.347. The maximum Gasteiger partial charge on any atom is 0.412 e. The van der Waals surface area contributed by atoms with Gasteiger partial charge in [0.2, 0.25) is 0 Å². The molecule has 9 heteroatoms. The molecule has 1 rings (SSSR count). The average Bonchev–Trinajstić information content (AvgIpc) is 2.53. The van der Waals surface area contributed by atoms with Crippen LogP contribution in [0.3, 0.4) is 0 Å². The van der Waals surface area contributed by atoms with E-state index in [0.717, 1.165) is 6.42 Å². The van der Waals surface area contributed by atoms with Crippen molar-refractivity contribution in [1.82, 2.24) is 5.32 Å². The summed E-state index contributed by atoms with van der Waals surface area (Å²) in [6, 6.07) is 6.21. The van der Waals surface area contributed by atoms with Crippen LogP contribution in [0.2, 0.25) is 0 Å². The van der Waals surface area contributed by atoms with Gasteiger partial charge in [0.25, 0.3) is 5.09 Å². The number of benzene rings is 1. The van der Waals surface area contributed by atoms with Gasteiger partial charge >= 0.3 is 12.1 Å². The van der Waals surface area contributed by atoms with Crippen molar-refractivity contribution >= 4 is 12.1 Å². The second-order valence-corrected chi connectivity index (χ2v) is 5.88. The number of carboxylic acid groups (broad SMARTS) is 1. The van der Waals surface area contributed by atoms with E-state index < -0.39 is 23.1 Å².